The predicted octanol–water partition coefficient (Wildman–Crippen LogP) is 1.08. The maximum atomic E-state index is 12.3. The Bertz CT molecular complexity index is 830. The first-order chi connectivity index (χ1) is 10.9. The molecule has 2 aromatic heterocycles. The SMILES string of the molecule is CCCCCC(=O)OC(C)n1cnc2c1c(=O)n(C)c(=O)n2C. The van der Waals surface area contributed by atoms with Gasteiger partial charge in [0.05, 0.1) is 0 Å². The van der Waals surface area contributed by atoms with Crippen LogP contribution >= 0.6 is 0 Å². The highest BCUT2D eigenvalue weighted by Gasteiger charge is 2.19. The van der Waals surface area contributed by atoms with Gasteiger partial charge in [-0.2, -0.15) is 0 Å². The summed E-state index contributed by atoms with van der Waals surface area (Å²) in [5.74, 6) is -0.311. The Labute approximate surface area is 133 Å². The van der Waals surface area contributed by atoms with E-state index >= 15 is 0 Å². The van der Waals surface area contributed by atoms with Crippen molar-refractivity contribution in [2.24, 2.45) is 14.1 Å². The van der Waals surface area contributed by atoms with Crippen molar-refractivity contribution in [1.82, 2.24) is 18.7 Å². The zero-order chi connectivity index (χ0) is 17.1. The molecule has 1 atom stereocenters. The number of hydrogen-bond acceptors (Lipinski definition) is 5. The van der Waals surface area contributed by atoms with Gasteiger partial charge in [0.1, 0.15) is 6.33 Å². The first-order valence-electron chi connectivity index (χ1n) is 7.70. The Morgan fingerprint density at radius 3 is 2.61 bits per heavy atom. The Balaban J connectivity index is 2.32. The van der Waals surface area contributed by atoms with Crippen LogP contribution in [0, 0.1) is 0 Å². The quantitative estimate of drug-likeness (QED) is 0.586. The van der Waals surface area contributed by atoms with Gasteiger partial charge in [0, 0.05) is 20.5 Å². The molecule has 2 heterocycles. The highest BCUT2D eigenvalue weighted by molar-refractivity contribution is 5.71. The van der Waals surface area contributed by atoms with Gasteiger partial charge in [-0.1, -0.05) is 19.8 Å². The summed E-state index contributed by atoms with van der Waals surface area (Å²) < 4.78 is 9.15. The molecule has 0 radical (unpaired) electrons. The Hall–Kier alpha value is -2.38. The molecular weight excluding hydrogens is 300 g/mol. The zero-order valence-corrected chi connectivity index (χ0v) is 13.9. The highest BCUT2D eigenvalue weighted by Crippen LogP contribution is 2.15. The third-order valence-electron chi connectivity index (χ3n) is 3.85. The van der Waals surface area contributed by atoms with E-state index < -0.39 is 17.5 Å². The lowest BCUT2D eigenvalue weighted by Crippen LogP contribution is -2.37. The minimum Gasteiger partial charge on any atom is -0.441 e. The molecule has 2 rings (SSSR count). The largest absolute Gasteiger partial charge is 0.441 e. The van der Waals surface area contributed by atoms with Crippen LogP contribution in [0.15, 0.2) is 15.9 Å². The molecule has 2 aromatic rings. The van der Waals surface area contributed by atoms with Gasteiger partial charge in [0.15, 0.2) is 17.4 Å². The van der Waals surface area contributed by atoms with Crippen LogP contribution in [-0.2, 0) is 23.6 Å². The molecule has 23 heavy (non-hydrogen) atoms. The number of unbranched alkanes of at least 4 members (excludes halogenated alkanes) is 2. The first kappa shape index (κ1) is 17.0. The summed E-state index contributed by atoms with van der Waals surface area (Å²) in [6.07, 6.45) is 3.87. The van der Waals surface area contributed by atoms with E-state index in [9.17, 15) is 14.4 Å². The fourth-order valence-electron chi connectivity index (χ4n) is 2.47. The third kappa shape index (κ3) is 3.20. The molecule has 1 unspecified atom stereocenters. The summed E-state index contributed by atoms with van der Waals surface area (Å²) in [6, 6.07) is 0. The normalized spacial score (nSPS) is 12.5. The lowest BCUT2D eigenvalue weighted by atomic mass is 10.2. The lowest BCUT2D eigenvalue weighted by molar-refractivity contribution is -0.152. The van der Waals surface area contributed by atoms with Gasteiger partial charge in [-0.15, -0.1) is 0 Å². The predicted molar refractivity (Wildman–Crippen MR) is 85.2 cm³/mol. The van der Waals surface area contributed by atoms with Gasteiger partial charge >= 0.3 is 11.7 Å². The van der Waals surface area contributed by atoms with Crippen molar-refractivity contribution in [3.05, 3.63) is 27.2 Å². The molecule has 0 amide bonds. The number of fused-ring (bicyclic) bond motifs is 1. The molecule has 0 saturated carbocycles. The molecule has 8 heteroatoms. The van der Waals surface area contributed by atoms with Gasteiger partial charge in [0.25, 0.3) is 5.56 Å². The van der Waals surface area contributed by atoms with Crippen LogP contribution in [0.25, 0.3) is 11.2 Å². The van der Waals surface area contributed by atoms with Crippen molar-refractivity contribution in [3.63, 3.8) is 0 Å². The van der Waals surface area contributed by atoms with Crippen molar-refractivity contribution in [2.45, 2.75) is 45.8 Å². The second-order valence-corrected chi connectivity index (χ2v) is 5.58. The van der Waals surface area contributed by atoms with Crippen LogP contribution in [0.4, 0.5) is 0 Å². The molecule has 0 spiro atoms. The minimum absolute atomic E-state index is 0.239. The minimum atomic E-state index is -0.667. The molecule has 126 valence electrons. The second kappa shape index (κ2) is 6.80. The van der Waals surface area contributed by atoms with Gasteiger partial charge < -0.3 is 4.74 Å². The molecule has 0 aliphatic carbocycles. The lowest BCUT2D eigenvalue weighted by Gasteiger charge is -2.15. The van der Waals surface area contributed by atoms with Crippen molar-refractivity contribution in [1.29, 1.82) is 0 Å². The average molecular weight is 322 g/mol. The van der Waals surface area contributed by atoms with Crippen LogP contribution < -0.4 is 11.2 Å². The Morgan fingerprint density at radius 2 is 1.96 bits per heavy atom. The molecule has 0 saturated heterocycles. The maximum absolute atomic E-state index is 12.3. The van der Waals surface area contributed by atoms with Gasteiger partial charge in [-0.3, -0.25) is 23.3 Å². The highest BCUT2D eigenvalue weighted by atomic mass is 16.6. The van der Waals surface area contributed by atoms with E-state index in [4.69, 9.17) is 4.74 Å². The van der Waals surface area contributed by atoms with Gasteiger partial charge in [-0.05, 0) is 13.3 Å². The Kier molecular flexibility index (Phi) is 5.02. The average Bonchev–Trinajstić information content (AvgIpc) is 2.96. The maximum Gasteiger partial charge on any atom is 0.332 e. The summed E-state index contributed by atoms with van der Waals surface area (Å²) in [4.78, 5) is 40.2. The number of carbonyl (C=O) groups is 1. The number of carbonyl (C=O) groups excluding carboxylic acids is 1. The van der Waals surface area contributed by atoms with E-state index in [2.05, 4.69) is 11.9 Å². The fourth-order valence-corrected chi connectivity index (χ4v) is 2.47. The van der Waals surface area contributed by atoms with E-state index in [1.165, 1.54) is 22.5 Å². The summed E-state index contributed by atoms with van der Waals surface area (Å²) in [5, 5.41) is 0. The molecule has 0 aliphatic heterocycles. The van der Waals surface area contributed by atoms with Crippen LogP contribution in [0.1, 0.15) is 45.8 Å². The molecule has 0 aromatic carbocycles. The monoisotopic (exact) mass is 322 g/mol. The standard InChI is InChI=1S/C15H22N4O4/c1-5-6-7-8-11(20)23-10(2)19-9-16-13-12(19)14(21)18(4)15(22)17(13)3/h9-10H,5-8H2,1-4H3. The summed E-state index contributed by atoms with van der Waals surface area (Å²) >= 11 is 0. The molecule has 0 aliphatic rings. The molecule has 8 nitrogen and oxygen atoms in total. The number of hydrogen-bond donors (Lipinski definition) is 0. The topological polar surface area (TPSA) is 88.1 Å². The number of nitrogens with zero attached hydrogens (tertiary/aromatic N) is 4. The number of aryl methyl sites for hydroxylation is 1. The van der Waals surface area contributed by atoms with Crippen LogP contribution in [-0.4, -0.2) is 24.7 Å². The van der Waals surface area contributed by atoms with Crippen LogP contribution in [0.3, 0.4) is 0 Å². The van der Waals surface area contributed by atoms with Crippen molar-refractivity contribution in [2.75, 3.05) is 0 Å². The van der Waals surface area contributed by atoms with Crippen LogP contribution in [0.5, 0.6) is 0 Å². The van der Waals surface area contributed by atoms with E-state index in [1.807, 2.05) is 0 Å². The second-order valence-electron chi connectivity index (χ2n) is 5.58. The van der Waals surface area contributed by atoms with E-state index in [1.54, 1.807) is 14.0 Å². The summed E-state index contributed by atoms with van der Waals surface area (Å²) in [5.41, 5.74) is -0.401. The van der Waals surface area contributed by atoms with Gasteiger partial charge in [-0.25, -0.2) is 9.78 Å². The van der Waals surface area contributed by atoms with Crippen molar-refractivity contribution in [3.8, 4) is 0 Å². The summed E-state index contributed by atoms with van der Waals surface area (Å²) in [6.45, 7) is 3.73. The summed E-state index contributed by atoms with van der Waals surface area (Å²) in [7, 11) is 2.95. The number of rotatable bonds is 6. The number of aromatic nitrogens is 4. The molecule has 0 fully saturated rings. The number of esters is 1. The number of imidazole rings is 1. The zero-order valence-electron chi connectivity index (χ0n) is 13.9. The van der Waals surface area contributed by atoms with Crippen molar-refractivity contribution < 1.29 is 9.53 Å². The number of ether oxygens (including phenoxy) is 1. The molecule has 0 N–H and O–H groups in total. The first-order valence-corrected chi connectivity index (χ1v) is 7.70. The smallest absolute Gasteiger partial charge is 0.332 e. The fraction of sp³-hybridized carbons (Fsp3) is 0.600. The molecule has 0 bridgehead atoms. The van der Waals surface area contributed by atoms with E-state index in [0.717, 1.165) is 23.8 Å². The third-order valence-corrected chi connectivity index (χ3v) is 3.85. The van der Waals surface area contributed by atoms with E-state index in [0.29, 0.717) is 6.42 Å². The van der Waals surface area contributed by atoms with Crippen molar-refractivity contribution >= 4 is 17.1 Å². The van der Waals surface area contributed by atoms with Crippen LogP contribution in [0.2, 0.25) is 0 Å². The Morgan fingerprint density at radius 1 is 1.26 bits per heavy atom. The van der Waals surface area contributed by atoms with E-state index in [-0.39, 0.29) is 17.1 Å². The molecular formula is C15H22N4O4. The van der Waals surface area contributed by atoms with Gasteiger partial charge in [0.2, 0.25) is 0 Å².